The molecule has 2 N–H and O–H groups in total. The van der Waals surface area contributed by atoms with E-state index in [1.54, 1.807) is 0 Å². The maximum Gasteiger partial charge on any atom is 0.0460 e. The second-order valence-corrected chi connectivity index (χ2v) is 7.41. The Kier molecular flexibility index (Phi) is 5.70. The molecule has 2 aromatic rings. The van der Waals surface area contributed by atoms with E-state index in [9.17, 15) is 5.11 Å². The number of aliphatic hydroxyl groups excluding tert-OH is 1. The summed E-state index contributed by atoms with van der Waals surface area (Å²) in [6, 6.07) is 11.1. The number of nitrogens with one attached hydrogen (secondary N) is 1. The van der Waals surface area contributed by atoms with Gasteiger partial charge < -0.3 is 15.3 Å². The summed E-state index contributed by atoms with van der Waals surface area (Å²) < 4.78 is 0. The summed E-state index contributed by atoms with van der Waals surface area (Å²) in [5.41, 5.74) is 4.01. The topological polar surface area (TPSA) is 35.5 Å². The maximum atomic E-state index is 9.23. The average Bonchev–Trinajstić information content (AvgIpc) is 3.01. The van der Waals surface area contributed by atoms with Gasteiger partial charge in [-0.3, -0.25) is 0 Å². The zero-order chi connectivity index (χ0) is 16.1. The molecule has 23 heavy (non-hydrogen) atoms. The summed E-state index contributed by atoms with van der Waals surface area (Å²) in [6.45, 7) is 6.47. The van der Waals surface area contributed by atoms with Crippen molar-refractivity contribution < 1.29 is 5.11 Å². The molecular formula is C19H26N2OS. The number of piperidine rings is 1. The van der Waals surface area contributed by atoms with Crippen LogP contribution in [0, 0.1) is 12.8 Å². The molecule has 0 aliphatic carbocycles. The lowest BCUT2D eigenvalue weighted by atomic mass is 9.97. The number of aliphatic hydroxyl groups is 1. The minimum Gasteiger partial charge on any atom is -0.396 e. The molecule has 0 amide bonds. The number of nitrogens with zero attached hydrogens (tertiary/aromatic N) is 1. The van der Waals surface area contributed by atoms with E-state index in [-0.39, 0.29) is 0 Å². The van der Waals surface area contributed by atoms with E-state index in [1.807, 2.05) is 11.3 Å². The molecule has 1 aromatic carbocycles. The molecule has 4 heteroatoms. The highest BCUT2D eigenvalue weighted by atomic mass is 32.1. The van der Waals surface area contributed by atoms with E-state index >= 15 is 0 Å². The Morgan fingerprint density at radius 3 is 2.48 bits per heavy atom. The van der Waals surface area contributed by atoms with Gasteiger partial charge in [0.15, 0.2) is 0 Å². The van der Waals surface area contributed by atoms with E-state index in [0.717, 1.165) is 39.0 Å². The van der Waals surface area contributed by atoms with Crippen LogP contribution in [0.2, 0.25) is 0 Å². The molecule has 3 rings (SSSR count). The smallest absolute Gasteiger partial charge is 0.0460 e. The van der Waals surface area contributed by atoms with Crippen molar-refractivity contribution in [1.82, 2.24) is 5.32 Å². The normalized spacial score (nSPS) is 16.0. The van der Waals surface area contributed by atoms with Crippen LogP contribution in [0.5, 0.6) is 0 Å². The number of aryl methyl sites for hydroxylation is 1. The number of anilines is 1. The fourth-order valence-electron chi connectivity index (χ4n) is 3.10. The Hall–Kier alpha value is -1.36. The SMILES string of the molecule is Cc1ccsc1CNCc1ccc(N2CCC(CO)CC2)cc1. The first-order valence-corrected chi connectivity index (χ1v) is 9.32. The molecule has 0 radical (unpaired) electrons. The highest BCUT2D eigenvalue weighted by molar-refractivity contribution is 7.10. The summed E-state index contributed by atoms with van der Waals surface area (Å²) in [7, 11) is 0. The largest absolute Gasteiger partial charge is 0.396 e. The van der Waals surface area contributed by atoms with Crippen molar-refractivity contribution >= 4 is 17.0 Å². The quantitative estimate of drug-likeness (QED) is 0.850. The van der Waals surface area contributed by atoms with Gasteiger partial charge >= 0.3 is 0 Å². The maximum absolute atomic E-state index is 9.23. The van der Waals surface area contributed by atoms with Gasteiger partial charge in [0.2, 0.25) is 0 Å². The average molecular weight is 330 g/mol. The zero-order valence-electron chi connectivity index (χ0n) is 13.8. The van der Waals surface area contributed by atoms with E-state index in [2.05, 4.69) is 52.9 Å². The van der Waals surface area contributed by atoms with Crippen LogP contribution in [0.1, 0.15) is 28.8 Å². The lowest BCUT2D eigenvalue weighted by Crippen LogP contribution is -2.34. The number of hydrogen-bond donors (Lipinski definition) is 2. The molecule has 3 nitrogen and oxygen atoms in total. The fourth-order valence-corrected chi connectivity index (χ4v) is 3.98. The van der Waals surface area contributed by atoms with Crippen LogP contribution in [0.4, 0.5) is 5.69 Å². The molecular weight excluding hydrogens is 304 g/mol. The molecule has 124 valence electrons. The molecule has 0 spiro atoms. The van der Waals surface area contributed by atoms with Crippen LogP contribution in [0.3, 0.4) is 0 Å². The first-order valence-electron chi connectivity index (χ1n) is 8.44. The van der Waals surface area contributed by atoms with Gasteiger partial charge in [-0.1, -0.05) is 12.1 Å². The lowest BCUT2D eigenvalue weighted by Gasteiger charge is -2.33. The predicted octanol–water partition coefficient (Wildman–Crippen LogP) is 3.56. The van der Waals surface area contributed by atoms with Crippen molar-refractivity contribution in [3.8, 4) is 0 Å². The molecule has 1 aliphatic heterocycles. The van der Waals surface area contributed by atoms with Crippen LogP contribution in [0.15, 0.2) is 35.7 Å². The molecule has 1 aliphatic rings. The van der Waals surface area contributed by atoms with Crippen molar-refractivity contribution in [2.24, 2.45) is 5.92 Å². The van der Waals surface area contributed by atoms with Gasteiger partial charge in [-0.2, -0.15) is 0 Å². The van der Waals surface area contributed by atoms with Gasteiger partial charge in [-0.25, -0.2) is 0 Å². The summed E-state index contributed by atoms with van der Waals surface area (Å²) >= 11 is 1.82. The molecule has 0 bridgehead atoms. The second kappa shape index (κ2) is 7.95. The third kappa shape index (κ3) is 4.34. The monoisotopic (exact) mass is 330 g/mol. The Bertz CT molecular complexity index is 600. The molecule has 1 fully saturated rings. The Balaban J connectivity index is 1.48. The van der Waals surface area contributed by atoms with Crippen molar-refractivity contribution in [3.05, 3.63) is 51.7 Å². The number of benzene rings is 1. The molecule has 0 saturated carbocycles. The van der Waals surface area contributed by atoms with Crippen LogP contribution in [-0.4, -0.2) is 24.8 Å². The number of hydrogen-bond acceptors (Lipinski definition) is 4. The summed E-state index contributed by atoms with van der Waals surface area (Å²) in [4.78, 5) is 3.85. The van der Waals surface area contributed by atoms with E-state index in [1.165, 1.54) is 21.7 Å². The summed E-state index contributed by atoms with van der Waals surface area (Å²) in [5, 5.41) is 14.9. The lowest BCUT2D eigenvalue weighted by molar-refractivity contribution is 0.203. The first kappa shape index (κ1) is 16.5. The summed E-state index contributed by atoms with van der Waals surface area (Å²) in [6.07, 6.45) is 2.19. The standard InChI is InChI=1S/C19H26N2OS/c1-15-8-11-23-19(15)13-20-12-16-2-4-18(5-3-16)21-9-6-17(14-22)7-10-21/h2-5,8,11,17,20,22H,6-7,9-10,12-14H2,1H3. The molecule has 0 unspecified atom stereocenters. The highest BCUT2D eigenvalue weighted by Gasteiger charge is 2.18. The van der Waals surface area contributed by atoms with Gasteiger partial charge in [0.1, 0.15) is 0 Å². The zero-order valence-corrected chi connectivity index (χ0v) is 14.6. The van der Waals surface area contributed by atoms with Crippen molar-refractivity contribution in [3.63, 3.8) is 0 Å². The molecule has 1 aromatic heterocycles. The van der Waals surface area contributed by atoms with Crippen LogP contribution in [-0.2, 0) is 13.1 Å². The third-order valence-corrected chi connectivity index (χ3v) is 5.78. The van der Waals surface area contributed by atoms with E-state index in [4.69, 9.17) is 0 Å². The molecule has 0 atom stereocenters. The van der Waals surface area contributed by atoms with Crippen LogP contribution < -0.4 is 10.2 Å². The van der Waals surface area contributed by atoms with Gasteiger partial charge in [0, 0.05) is 43.4 Å². The van der Waals surface area contributed by atoms with Crippen LogP contribution >= 0.6 is 11.3 Å². The Labute approximate surface area is 143 Å². The number of rotatable bonds is 6. The highest BCUT2D eigenvalue weighted by Crippen LogP contribution is 2.23. The van der Waals surface area contributed by atoms with E-state index < -0.39 is 0 Å². The predicted molar refractivity (Wildman–Crippen MR) is 98.1 cm³/mol. The Morgan fingerprint density at radius 1 is 1.13 bits per heavy atom. The third-order valence-electron chi connectivity index (χ3n) is 4.76. The molecule has 2 heterocycles. The summed E-state index contributed by atoms with van der Waals surface area (Å²) in [5.74, 6) is 0.496. The second-order valence-electron chi connectivity index (χ2n) is 6.41. The van der Waals surface area contributed by atoms with Gasteiger partial charge in [0.25, 0.3) is 0 Å². The van der Waals surface area contributed by atoms with Gasteiger partial charge in [-0.15, -0.1) is 11.3 Å². The number of thiophene rings is 1. The first-order chi connectivity index (χ1) is 11.3. The minimum absolute atomic E-state index is 0.335. The van der Waals surface area contributed by atoms with E-state index in [0.29, 0.717) is 12.5 Å². The van der Waals surface area contributed by atoms with Crippen molar-refractivity contribution in [2.45, 2.75) is 32.9 Å². The van der Waals surface area contributed by atoms with Crippen molar-refractivity contribution in [1.29, 1.82) is 0 Å². The Morgan fingerprint density at radius 2 is 1.87 bits per heavy atom. The minimum atomic E-state index is 0.335. The van der Waals surface area contributed by atoms with Crippen molar-refractivity contribution in [2.75, 3.05) is 24.6 Å². The fraction of sp³-hybridized carbons (Fsp3) is 0.474. The molecule has 1 saturated heterocycles. The van der Waals surface area contributed by atoms with Crippen LogP contribution in [0.25, 0.3) is 0 Å². The van der Waals surface area contributed by atoms with Gasteiger partial charge in [0.05, 0.1) is 0 Å². The van der Waals surface area contributed by atoms with Gasteiger partial charge in [-0.05, 0) is 60.4 Å².